The predicted octanol–water partition coefficient (Wildman–Crippen LogP) is 8.94. The van der Waals surface area contributed by atoms with Gasteiger partial charge in [0.05, 0.1) is 38.1 Å². The summed E-state index contributed by atoms with van der Waals surface area (Å²) in [7, 11) is 1.57. The van der Waals surface area contributed by atoms with Gasteiger partial charge < -0.3 is 29.5 Å². The maximum Gasteiger partial charge on any atom is 0.573 e. The minimum absolute atomic E-state index is 0.0318. The van der Waals surface area contributed by atoms with E-state index in [0.29, 0.717) is 74.0 Å². The molecule has 8 nitrogen and oxygen atoms in total. The summed E-state index contributed by atoms with van der Waals surface area (Å²) in [5, 5.41) is 35.5. The van der Waals surface area contributed by atoms with Crippen LogP contribution in [0.2, 0.25) is 0 Å². The number of halogens is 3. The highest BCUT2D eigenvalue weighted by Crippen LogP contribution is 2.59. The van der Waals surface area contributed by atoms with Gasteiger partial charge in [0.2, 0.25) is 0 Å². The number of alkyl halides is 3. The van der Waals surface area contributed by atoms with Crippen LogP contribution in [-0.4, -0.2) is 77.0 Å². The summed E-state index contributed by atoms with van der Waals surface area (Å²) in [5.74, 6) is -0.0960. The highest BCUT2D eigenvalue weighted by Gasteiger charge is 2.57. The molecular weight excluding hydrogens is 760 g/mol. The smallest absolute Gasteiger partial charge is 0.497 e. The lowest BCUT2D eigenvalue weighted by Gasteiger charge is -2.46. The number of allylic oxidation sites excluding steroid dienone is 2. The maximum atomic E-state index is 14.5. The van der Waals surface area contributed by atoms with Gasteiger partial charge in [0.25, 0.3) is 0 Å². The molecule has 0 spiro atoms. The van der Waals surface area contributed by atoms with Crippen molar-refractivity contribution in [3.63, 3.8) is 0 Å². The van der Waals surface area contributed by atoms with Gasteiger partial charge in [-0.1, -0.05) is 73.2 Å². The molecule has 59 heavy (non-hydrogen) atoms. The number of methoxy groups -OCH3 is 1. The molecule has 5 atom stereocenters. The number of aliphatic hydroxyl groups excluding tert-OH is 2. The molecule has 0 radical (unpaired) electrons. The number of ketones is 1. The fourth-order valence-electron chi connectivity index (χ4n) is 8.94. The molecule has 0 amide bonds. The van der Waals surface area contributed by atoms with Crippen molar-refractivity contribution < 1.29 is 47.5 Å². The van der Waals surface area contributed by atoms with Crippen LogP contribution in [0.25, 0.3) is 0 Å². The lowest BCUT2D eigenvalue weighted by Crippen LogP contribution is -2.53. The van der Waals surface area contributed by atoms with Crippen molar-refractivity contribution in [3.05, 3.63) is 142 Å². The molecule has 4 aromatic carbocycles. The van der Waals surface area contributed by atoms with E-state index in [1.165, 1.54) is 12.1 Å². The second-order valence-corrected chi connectivity index (χ2v) is 16.5. The second-order valence-electron chi connectivity index (χ2n) is 16.5. The van der Waals surface area contributed by atoms with Gasteiger partial charge >= 0.3 is 6.36 Å². The highest BCUT2D eigenvalue weighted by atomic mass is 19.4. The van der Waals surface area contributed by atoms with Gasteiger partial charge in [-0.05, 0) is 123 Å². The van der Waals surface area contributed by atoms with Gasteiger partial charge in [0, 0.05) is 36.2 Å². The molecule has 7 rings (SSSR count). The third-order valence-electron chi connectivity index (χ3n) is 12.2. The third kappa shape index (κ3) is 11.4. The van der Waals surface area contributed by atoms with Gasteiger partial charge in [-0.2, -0.15) is 0 Å². The fraction of sp³-hybridized carbons (Fsp3) is 0.438. The van der Waals surface area contributed by atoms with Crippen molar-refractivity contribution in [2.24, 2.45) is 5.41 Å². The van der Waals surface area contributed by atoms with E-state index < -0.39 is 29.6 Å². The molecule has 3 aliphatic rings. The average molecular weight is 816 g/mol. The molecule has 11 heteroatoms. The Morgan fingerprint density at radius 2 is 1.64 bits per heavy atom. The first-order valence-corrected chi connectivity index (χ1v) is 20.4. The Balaban J connectivity index is 1.34. The van der Waals surface area contributed by atoms with Crippen LogP contribution < -0.4 is 9.47 Å². The van der Waals surface area contributed by atoms with E-state index in [2.05, 4.69) is 24.7 Å². The predicted molar refractivity (Wildman–Crippen MR) is 220 cm³/mol. The van der Waals surface area contributed by atoms with Crippen molar-refractivity contribution in [1.29, 1.82) is 0 Å². The number of nitrogens with zero attached hydrogens (tertiary/aromatic N) is 1. The topological polar surface area (TPSA) is 109 Å². The van der Waals surface area contributed by atoms with Gasteiger partial charge in [-0.15, -0.1) is 13.2 Å². The Kier molecular flexibility index (Phi) is 14.4. The Bertz CT molecular complexity index is 2020. The standard InChI is InChI=1S/C48H56F3NO7/c1-33-8-7-24-46(2)44(42-22-14-36(26-38(53)17-11-33)27-43(42)45(55)37-15-20-40(57-3)21-16-37)23-25-47(46,56)32-52(28-34-12-18-41(19-13-34)59-48(49,50)51)29-39(54)31-58-30-35-9-5-4-6-10-35/h4-6,8-10,12-16,18-22,27,38-39,44,53-54,56H,7,11,17,23-26,28-32H2,1-3H3. The number of carbonyl (C=O) groups excluding carboxylic acids is 1. The fourth-order valence-corrected chi connectivity index (χ4v) is 8.94. The minimum atomic E-state index is -4.82. The lowest BCUT2D eigenvalue weighted by atomic mass is 9.64. The number of rotatable bonds is 14. The van der Waals surface area contributed by atoms with Crippen molar-refractivity contribution in [3.8, 4) is 11.5 Å². The number of benzene rings is 4. The molecule has 1 fully saturated rings. The van der Waals surface area contributed by atoms with Crippen LogP contribution in [0, 0.1) is 5.41 Å². The minimum Gasteiger partial charge on any atom is -0.497 e. The quantitative estimate of drug-likeness (QED) is 0.0856. The van der Waals surface area contributed by atoms with Crippen LogP contribution in [0.15, 0.2) is 109 Å². The molecule has 1 saturated carbocycles. The number of hydrogen-bond acceptors (Lipinski definition) is 8. The monoisotopic (exact) mass is 815 g/mol. The van der Waals surface area contributed by atoms with E-state index in [9.17, 15) is 33.3 Å². The van der Waals surface area contributed by atoms with E-state index in [0.717, 1.165) is 22.3 Å². The summed E-state index contributed by atoms with van der Waals surface area (Å²) in [6, 6.07) is 28.1. The van der Waals surface area contributed by atoms with Crippen LogP contribution >= 0.6 is 0 Å². The van der Waals surface area contributed by atoms with E-state index in [1.807, 2.05) is 53.4 Å². The third-order valence-corrected chi connectivity index (χ3v) is 12.2. The zero-order valence-corrected chi connectivity index (χ0v) is 34.1. The summed E-state index contributed by atoms with van der Waals surface area (Å²) >= 11 is 0. The molecular formula is C48H56F3NO7. The normalized spacial score (nSPS) is 23.0. The molecule has 0 saturated heterocycles. The Labute approximate surface area is 345 Å². The Morgan fingerprint density at radius 1 is 0.932 bits per heavy atom. The molecule has 5 unspecified atom stereocenters. The SMILES string of the molecule is COc1ccc(C(=O)c2cc3ccc2C2CCC(O)(CN(Cc4ccc(OC(F)(F)F)cc4)CC(O)COCc4ccccc4)C2(C)CCC=C(C)CCC(O)C3)cc1. The molecule has 4 aromatic rings. The number of ether oxygens (including phenoxy) is 3. The van der Waals surface area contributed by atoms with E-state index in [4.69, 9.17) is 9.47 Å². The molecule has 2 bridgehead atoms. The number of carbonyl (C=O) groups is 1. The second kappa shape index (κ2) is 19.2. The number of aliphatic hydroxyl groups is 3. The maximum absolute atomic E-state index is 14.5. The summed E-state index contributed by atoms with van der Waals surface area (Å²) in [6.07, 6.45) is -0.225. The summed E-state index contributed by atoms with van der Waals surface area (Å²) in [4.78, 5) is 16.4. The molecule has 0 aromatic heterocycles. The highest BCUT2D eigenvalue weighted by molar-refractivity contribution is 6.10. The molecule has 3 aliphatic carbocycles. The first-order valence-electron chi connectivity index (χ1n) is 20.4. The average Bonchev–Trinajstić information content (AvgIpc) is 3.45. The zero-order valence-electron chi connectivity index (χ0n) is 34.1. The van der Waals surface area contributed by atoms with E-state index >= 15 is 0 Å². The molecule has 3 N–H and O–H groups in total. The molecule has 316 valence electrons. The van der Waals surface area contributed by atoms with Crippen LogP contribution in [0.3, 0.4) is 0 Å². The number of fused-ring (bicyclic) bond motifs is 8. The van der Waals surface area contributed by atoms with E-state index in [-0.39, 0.29) is 43.7 Å². The summed E-state index contributed by atoms with van der Waals surface area (Å²) in [5.41, 5.74) is 3.45. The van der Waals surface area contributed by atoms with E-state index in [1.54, 1.807) is 43.5 Å². The van der Waals surface area contributed by atoms with Crippen LogP contribution in [-0.2, 0) is 24.3 Å². The van der Waals surface area contributed by atoms with Crippen molar-refractivity contribution in [1.82, 2.24) is 4.90 Å². The Morgan fingerprint density at radius 3 is 2.34 bits per heavy atom. The first-order chi connectivity index (χ1) is 28.1. The summed E-state index contributed by atoms with van der Waals surface area (Å²) in [6.45, 7) is 4.99. The van der Waals surface area contributed by atoms with Gasteiger partial charge in [0.1, 0.15) is 11.5 Å². The van der Waals surface area contributed by atoms with Gasteiger partial charge in [0.15, 0.2) is 5.78 Å². The molecule has 0 aliphatic heterocycles. The van der Waals surface area contributed by atoms with Crippen molar-refractivity contribution in [2.75, 3.05) is 26.8 Å². The lowest BCUT2D eigenvalue weighted by molar-refractivity contribution is -0.274. The molecule has 0 heterocycles. The Hall–Kier alpha value is -4.52. The largest absolute Gasteiger partial charge is 0.573 e. The van der Waals surface area contributed by atoms with Crippen LogP contribution in [0.1, 0.15) is 96.5 Å². The van der Waals surface area contributed by atoms with Crippen molar-refractivity contribution >= 4 is 5.78 Å². The van der Waals surface area contributed by atoms with Gasteiger partial charge in [-0.25, -0.2) is 0 Å². The summed E-state index contributed by atoms with van der Waals surface area (Å²) < 4.78 is 54.2. The van der Waals surface area contributed by atoms with Crippen LogP contribution in [0.5, 0.6) is 11.5 Å². The van der Waals surface area contributed by atoms with Crippen LogP contribution in [0.4, 0.5) is 13.2 Å². The van der Waals surface area contributed by atoms with Crippen molar-refractivity contribution in [2.45, 2.75) is 102 Å². The van der Waals surface area contributed by atoms with Gasteiger partial charge in [-0.3, -0.25) is 9.69 Å². The number of hydrogen-bond donors (Lipinski definition) is 3. The zero-order chi connectivity index (χ0) is 42.2. The first kappa shape index (κ1) is 44.0.